The van der Waals surface area contributed by atoms with E-state index in [0.29, 0.717) is 10.4 Å². The van der Waals surface area contributed by atoms with E-state index in [-0.39, 0.29) is 10.6 Å². The molecule has 0 saturated heterocycles. The highest BCUT2D eigenvalue weighted by Crippen LogP contribution is 2.31. The number of alkyl halides is 1. The fraction of sp³-hybridized carbons (Fsp3) is 0.125. The molecule has 0 N–H and O–H groups in total. The topological polar surface area (TPSA) is 17.1 Å². The number of halogens is 4. The van der Waals surface area contributed by atoms with Crippen LogP contribution < -0.4 is 0 Å². The lowest BCUT2D eigenvalue weighted by Gasteiger charge is -2.04. The number of hydrogen-bond acceptors (Lipinski definition) is 1. The van der Waals surface area contributed by atoms with Crippen LogP contribution in [0, 0.1) is 0 Å². The molecular weight excluding hydrogens is 298 g/mol. The minimum Gasteiger partial charge on any atom is -0.276 e. The number of rotatable bonds is 2. The zero-order chi connectivity index (χ0) is 10.0. The molecule has 0 fully saturated rings. The average Bonchev–Trinajstić information content (AvgIpc) is 2.09. The molecule has 0 unspecified atom stereocenters. The molecule has 1 aromatic rings. The molecule has 1 aromatic carbocycles. The van der Waals surface area contributed by atoms with Crippen molar-refractivity contribution < 1.29 is 4.79 Å². The highest BCUT2D eigenvalue weighted by Gasteiger charge is 2.13. The molecule has 0 radical (unpaired) electrons. The lowest BCUT2D eigenvalue weighted by molar-refractivity contribution is 0.108. The van der Waals surface area contributed by atoms with Gasteiger partial charge in [0.25, 0.3) is 5.24 Å². The first-order valence-corrected chi connectivity index (χ1v) is 5.56. The smallest absolute Gasteiger partial charge is 0.253 e. The summed E-state index contributed by atoms with van der Waals surface area (Å²) in [5, 5.41) is 0.555. The van der Waals surface area contributed by atoms with Gasteiger partial charge in [-0.2, -0.15) is 0 Å². The van der Waals surface area contributed by atoms with Crippen LogP contribution >= 0.6 is 50.7 Å². The Kier molecular flexibility index (Phi) is 4.05. The van der Waals surface area contributed by atoms with Crippen molar-refractivity contribution in [3.8, 4) is 0 Å². The summed E-state index contributed by atoms with van der Waals surface area (Å²) in [6.45, 7) is 0. The number of hydrogen-bond donors (Lipinski definition) is 0. The molecule has 13 heavy (non-hydrogen) atoms. The lowest BCUT2D eigenvalue weighted by Crippen LogP contribution is -1.93. The molecule has 0 aliphatic carbocycles. The van der Waals surface area contributed by atoms with E-state index < -0.39 is 5.24 Å². The average molecular weight is 302 g/mol. The largest absolute Gasteiger partial charge is 0.276 e. The molecule has 0 amide bonds. The minimum absolute atomic E-state index is 0.207. The lowest BCUT2D eigenvalue weighted by atomic mass is 10.2. The predicted molar refractivity (Wildman–Crippen MR) is 59.3 cm³/mol. The number of carbonyl (C=O) groups excluding carboxylic acids is 1. The van der Waals surface area contributed by atoms with Crippen molar-refractivity contribution in [2.75, 3.05) is 0 Å². The van der Waals surface area contributed by atoms with E-state index in [1.807, 2.05) is 0 Å². The molecule has 5 heteroatoms. The van der Waals surface area contributed by atoms with Crippen LogP contribution in [-0.4, -0.2) is 5.24 Å². The quantitative estimate of drug-likeness (QED) is 0.589. The van der Waals surface area contributed by atoms with Gasteiger partial charge < -0.3 is 0 Å². The van der Waals surface area contributed by atoms with E-state index in [2.05, 4.69) is 15.9 Å². The van der Waals surface area contributed by atoms with Gasteiger partial charge in [0.05, 0.1) is 15.6 Å². The Morgan fingerprint density at radius 1 is 1.31 bits per heavy atom. The molecule has 0 aliphatic heterocycles. The molecule has 0 aliphatic rings. The van der Waals surface area contributed by atoms with Crippen LogP contribution in [0.15, 0.2) is 12.1 Å². The minimum atomic E-state index is -0.604. The van der Waals surface area contributed by atoms with Gasteiger partial charge in [0, 0.05) is 5.33 Å². The summed E-state index contributed by atoms with van der Waals surface area (Å²) in [5.41, 5.74) is 1.06. The Morgan fingerprint density at radius 3 is 2.38 bits per heavy atom. The van der Waals surface area contributed by atoms with Crippen LogP contribution in [0.1, 0.15) is 15.9 Å². The summed E-state index contributed by atoms with van der Waals surface area (Å²) in [7, 11) is 0. The van der Waals surface area contributed by atoms with E-state index >= 15 is 0 Å². The van der Waals surface area contributed by atoms with Crippen LogP contribution in [0.4, 0.5) is 0 Å². The maximum absolute atomic E-state index is 10.8. The second-order valence-corrected chi connectivity index (χ2v) is 3.97. The molecule has 70 valence electrons. The van der Waals surface area contributed by atoms with Crippen LogP contribution in [0.3, 0.4) is 0 Å². The Hall–Kier alpha value is 0.240. The summed E-state index contributed by atoms with van der Waals surface area (Å²) in [5.74, 6) is 0. The van der Waals surface area contributed by atoms with Gasteiger partial charge in [0.15, 0.2) is 0 Å². The molecule has 0 bridgehead atoms. The summed E-state index contributed by atoms with van der Waals surface area (Å²) in [6, 6.07) is 3.26. The Balaban J connectivity index is 3.31. The highest BCUT2D eigenvalue weighted by molar-refractivity contribution is 9.08. The van der Waals surface area contributed by atoms with Gasteiger partial charge in [-0.3, -0.25) is 4.79 Å². The number of carbonyl (C=O) groups is 1. The van der Waals surface area contributed by atoms with E-state index in [1.165, 1.54) is 0 Å². The zero-order valence-corrected chi connectivity index (χ0v) is 10.1. The Bertz CT molecular complexity index is 351. The van der Waals surface area contributed by atoms with Crippen LogP contribution in [0.25, 0.3) is 0 Å². The van der Waals surface area contributed by atoms with Gasteiger partial charge in [-0.1, -0.05) is 45.2 Å². The molecule has 0 saturated carbocycles. The van der Waals surface area contributed by atoms with Crippen LogP contribution in [0.2, 0.25) is 10.0 Å². The first-order chi connectivity index (χ1) is 6.07. The van der Waals surface area contributed by atoms with Gasteiger partial charge in [-0.05, 0) is 23.2 Å². The van der Waals surface area contributed by atoms with E-state index in [0.717, 1.165) is 5.56 Å². The van der Waals surface area contributed by atoms with Crippen molar-refractivity contribution in [2.24, 2.45) is 0 Å². The Labute approximate surface area is 99.1 Å². The van der Waals surface area contributed by atoms with E-state index in [1.54, 1.807) is 12.1 Å². The van der Waals surface area contributed by atoms with Crippen molar-refractivity contribution >= 4 is 56.0 Å². The molecule has 0 atom stereocenters. The number of benzene rings is 1. The van der Waals surface area contributed by atoms with Crippen molar-refractivity contribution in [3.63, 3.8) is 0 Å². The van der Waals surface area contributed by atoms with Gasteiger partial charge in [-0.25, -0.2) is 0 Å². The van der Waals surface area contributed by atoms with Crippen molar-refractivity contribution in [1.29, 1.82) is 0 Å². The highest BCUT2D eigenvalue weighted by atomic mass is 79.9. The van der Waals surface area contributed by atoms with Gasteiger partial charge in [-0.15, -0.1) is 0 Å². The standard InChI is InChI=1S/C8H4BrCl3O/c9-3-4-1-2-5(8(12)13)7(11)6(4)10/h1-2H,3H2. The van der Waals surface area contributed by atoms with Crippen molar-refractivity contribution in [1.82, 2.24) is 0 Å². The summed E-state index contributed by atoms with van der Waals surface area (Å²) >= 11 is 20.2. The van der Waals surface area contributed by atoms with E-state index in [4.69, 9.17) is 34.8 Å². The normalized spacial score (nSPS) is 10.2. The van der Waals surface area contributed by atoms with E-state index in [9.17, 15) is 4.79 Å². The third kappa shape index (κ3) is 2.38. The van der Waals surface area contributed by atoms with Crippen LogP contribution in [-0.2, 0) is 5.33 Å². The predicted octanol–water partition coefficient (Wildman–Crippen LogP) is 4.27. The maximum atomic E-state index is 10.8. The first-order valence-electron chi connectivity index (χ1n) is 3.30. The molecular formula is C8H4BrCl3O. The molecule has 0 heterocycles. The summed E-state index contributed by atoms with van der Waals surface area (Å²) in [6.07, 6.45) is 0. The third-order valence-corrected chi connectivity index (χ3v) is 3.25. The van der Waals surface area contributed by atoms with Gasteiger partial charge in [0.1, 0.15) is 0 Å². The van der Waals surface area contributed by atoms with Crippen molar-refractivity contribution in [3.05, 3.63) is 33.3 Å². The Morgan fingerprint density at radius 2 is 1.92 bits per heavy atom. The summed E-state index contributed by atoms with van der Waals surface area (Å²) < 4.78 is 0. The fourth-order valence-corrected chi connectivity index (χ4v) is 2.18. The van der Waals surface area contributed by atoms with Gasteiger partial charge in [0.2, 0.25) is 0 Å². The molecule has 0 spiro atoms. The maximum Gasteiger partial charge on any atom is 0.253 e. The summed E-state index contributed by atoms with van der Waals surface area (Å²) in [4.78, 5) is 10.8. The molecule has 1 nitrogen and oxygen atoms in total. The van der Waals surface area contributed by atoms with Crippen LogP contribution in [0.5, 0.6) is 0 Å². The zero-order valence-electron chi connectivity index (χ0n) is 6.28. The fourth-order valence-electron chi connectivity index (χ4n) is 0.844. The second-order valence-electron chi connectivity index (χ2n) is 2.31. The monoisotopic (exact) mass is 300 g/mol. The molecule has 0 aromatic heterocycles. The second kappa shape index (κ2) is 4.65. The molecule has 1 rings (SSSR count). The third-order valence-electron chi connectivity index (χ3n) is 1.52. The SMILES string of the molecule is O=C(Cl)c1ccc(CBr)c(Cl)c1Cl. The van der Waals surface area contributed by atoms with Crippen molar-refractivity contribution in [2.45, 2.75) is 5.33 Å². The first kappa shape index (κ1) is 11.3. The van der Waals surface area contributed by atoms with Gasteiger partial charge >= 0.3 is 0 Å².